The number of hydrogen-bond donors (Lipinski definition) is 1. The van der Waals surface area contributed by atoms with Crippen LogP contribution in [0.25, 0.3) is 10.9 Å². The summed E-state index contributed by atoms with van der Waals surface area (Å²) < 4.78 is 0. The summed E-state index contributed by atoms with van der Waals surface area (Å²) in [6.07, 6.45) is 27.7. The van der Waals surface area contributed by atoms with Crippen molar-refractivity contribution in [3.8, 4) is 0 Å². The maximum Gasteiger partial charge on any atom is 0.222 e. The van der Waals surface area contributed by atoms with Crippen molar-refractivity contribution in [2.75, 3.05) is 6.54 Å². The summed E-state index contributed by atoms with van der Waals surface area (Å²) >= 11 is 0. The summed E-state index contributed by atoms with van der Waals surface area (Å²) in [7, 11) is 0. The van der Waals surface area contributed by atoms with Gasteiger partial charge in [-0.25, -0.2) is 0 Å². The molecule has 0 bridgehead atoms. The van der Waals surface area contributed by atoms with Crippen molar-refractivity contribution < 1.29 is 4.79 Å². The number of fused-ring (bicyclic) bond motifs is 1. The fraction of sp³-hybridized carbons (Fsp3) is 0.645. The highest BCUT2D eigenvalue weighted by Crippen LogP contribution is 2.26. The molecule has 188 valence electrons. The zero-order valence-electron chi connectivity index (χ0n) is 21.7. The molecular weight excluding hydrogens is 416 g/mol. The fourth-order valence-corrected chi connectivity index (χ4v) is 5.42. The topological polar surface area (TPSA) is 36.1 Å². The van der Waals surface area contributed by atoms with E-state index in [2.05, 4.69) is 59.4 Å². The number of H-pyrrole nitrogens is 1. The summed E-state index contributed by atoms with van der Waals surface area (Å²) in [5, 5.41) is 1.30. The zero-order chi connectivity index (χ0) is 23.8. The number of nitrogens with zero attached hydrogens (tertiary/aromatic N) is 1. The lowest BCUT2D eigenvalue weighted by molar-refractivity contribution is -0.132. The first kappa shape index (κ1) is 26.6. The number of carbonyl (C=O) groups excluding carboxylic acids is 1. The third-order valence-electron chi connectivity index (χ3n) is 7.48. The van der Waals surface area contributed by atoms with Crippen molar-refractivity contribution in [1.29, 1.82) is 0 Å². The van der Waals surface area contributed by atoms with Crippen molar-refractivity contribution in [2.45, 2.75) is 122 Å². The van der Waals surface area contributed by atoms with Gasteiger partial charge in [0.25, 0.3) is 0 Å². The molecule has 2 heterocycles. The molecule has 1 aromatic carbocycles. The van der Waals surface area contributed by atoms with Gasteiger partial charge >= 0.3 is 0 Å². The number of amides is 1. The number of unbranched alkanes of at least 4 members (excludes halogenated alkanes) is 11. The Kier molecular flexibility index (Phi) is 12.3. The highest BCUT2D eigenvalue weighted by molar-refractivity contribution is 5.83. The molecule has 3 rings (SSSR count). The first-order valence-electron chi connectivity index (χ1n) is 14.3. The second kappa shape index (κ2) is 15.8. The Morgan fingerprint density at radius 1 is 0.941 bits per heavy atom. The molecule has 3 nitrogen and oxygen atoms in total. The number of carbonyl (C=O) groups is 1. The fourth-order valence-electron chi connectivity index (χ4n) is 5.42. The molecule has 0 aliphatic carbocycles. The number of likely N-dealkylation sites (tertiary alicyclic amines) is 1. The molecule has 1 aromatic heterocycles. The highest BCUT2D eigenvalue weighted by atomic mass is 16.2. The quantitative estimate of drug-likeness (QED) is 0.184. The Bertz CT molecular complexity index is 852. The van der Waals surface area contributed by atoms with Crippen molar-refractivity contribution in [1.82, 2.24) is 9.88 Å². The number of aromatic amines is 1. The number of rotatable bonds is 17. The predicted octanol–water partition coefficient (Wildman–Crippen LogP) is 8.74. The number of hydrogen-bond acceptors (Lipinski definition) is 1. The SMILES string of the molecule is CCCCCCCC/C=C\CCCCCCCC(=O)N1CCC[C@@H]1Cc1c[nH]c2ccccc12. The maximum atomic E-state index is 12.9. The predicted molar refractivity (Wildman–Crippen MR) is 146 cm³/mol. The van der Waals surface area contributed by atoms with E-state index < -0.39 is 0 Å². The van der Waals surface area contributed by atoms with E-state index in [1.807, 2.05) is 0 Å². The van der Waals surface area contributed by atoms with Crippen LogP contribution < -0.4 is 0 Å². The van der Waals surface area contributed by atoms with Crippen LogP contribution in [0.2, 0.25) is 0 Å². The minimum absolute atomic E-state index is 0.370. The van der Waals surface area contributed by atoms with E-state index in [1.54, 1.807) is 0 Å². The lowest BCUT2D eigenvalue weighted by Crippen LogP contribution is -2.36. The van der Waals surface area contributed by atoms with E-state index in [1.165, 1.54) is 93.5 Å². The van der Waals surface area contributed by atoms with Gasteiger partial charge in [0.2, 0.25) is 5.91 Å². The van der Waals surface area contributed by atoms with E-state index >= 15 is 0 Å². The van der Waals surface area contributed by atoms with Gasteiger partial charge < -0.3 is 9.88 Å². The lowest BCUT2D eigenvalue weighted by Gasteiger charge is -2.25. The third kappa shape index (κ3) is 8.96. The van der Waals surface area contributed by atoms with Crippen LogP contribution in [-0.4, -0.2) is 28.4 Å². The Balaban J connectivity index is 1.22. The molecule has 3 heteroatoms. The average Bonchev–Trinajstić information content (AvgIpc) is 3.49. The Morgan fingerprint density at radius 3 is 2.38 bits per heavy atom. The third-order valence-corrected chi connectivity index (χ3v) is 7.48. The molecule has 2 aromatic rings. The Labute approximate surface area is 208 Å². The smallest absolute Gasteiger partial charge is 0.222 e. The van der Waals surface area contributed by atoms with Gasteiger partial charge in [0.15, 0.2) is 0 Å². The number of benzene rings is 1. The van der Waals surface area contributed by atoms with Gasteiger partial charge in [-0.05, 0) is 63.0 Å². The van der Waals surface area contributed by atoms with Gasteiger partial charge in [-0.15, -0.1) is 0 Å². The molecule has 34 heavy (non-hydrogen) atoms. The van der Waals surface area contributed by atoms with Gasteiger partial charge in [-0.3, -0.25) is 4.79 Å². The largest absolute Gasteiger partial charge is 0.361 e. The second-order valence-electron chi connectivity index (χ2n) is 10.3. The molecule has 1 N–H and O–H groups in total. The molecule has 1 saturated heterocycles. The van der Waals surface area contributed by atoms with Crippen LogP contribution in [0.4, 0.5) is 0 Å². The van der Waals surface area contributed by atoms with E-state index in [0.717, 1.165) is 38.6 Å². The normalized spacial score (nSPS) is 16.3. The molecule has 1 atom stereocenters. The summed E-state index contributed by atoms with van der Waals surface area (Å²) in [6, 6.07) is 8.86. The molecule has 0 radical (unpaired) electrons. The first-order chi connectivity index (χ1) is 16.8. The molecule has 0 saturated carbocycles. The standard InChI is InChI=1S/C31H48N2O/c1-2-3-4-5-6-7-8-9-10-11-12-13-14-15-16-23-31(34)33-24-19-20-28(33)25-27-26-32-30-22-18-17-21-29(27)30/h9-10,17-18,21-22,26,28,32H,2-8,11-16,19-20,23-25H2,1H3/b10-9-/t28-/m1/s1. The van der Waals surface area contributed by atoms with Crippen molar-refractivity contribution in [3.05, 3.63) is 48.2 Å². The van der Waals surface area contributed by atoms with Crippen LogP contribution in [-0.2, 0) is 11.2 Å². The number of nitrogens with one attached hydrogen (secondary N) is 1. The molecular formula is C31H48N2O. The second-order valence-corrected chi connectivity index (χ2v) is 10.3. The maximum absolute atomic E-state index is 12.9. The van der Waals surface area contributed by atoms with E-state index in [9.17, 15) is 4.79 Å². The van der Waals surface area contributed by atoms with E-state index in [4.69, 9.17) is 0 Å². The average molecular weight is 465 g/mol. The van der Waals surface area contributed by atoms with Crippen LogP contribution in [0.15, 0.2) is 42.6 Å². The summed E-state index contributed by atoms with van der Waals surface area (Å²) in [5.41, 5.74) is 2.54. The minimum Gasteiger partial charge on any atom is -0.361 e. The lowest BCUT2D eigenvalue weighted by atomic mass is 10.0. The van der Waals surface area contributed by atoms with Crippen molar-refractivity contribution in [2.24, 2.45) is 0 Å². The summed E-state index contributed by atoms with van der Waals surface area (Å²) in [4.78, 5) is 18.4. The monoisotopic (exact) mass is 464 g/mol. The van der Waals surface area contributed by atoms with Crippen LogP contribution in [0.5, 0.6) is 0 Å². The van der Waals surface area contributed by atoms with Crippen molar-refractivity contribution in [3.63, 3.8) is 0 Å². The van der Waals surface area contributed by atoms with Crippen molar-refractivity contribution >= 4 is 16.8 Å². The first-order valence-corrected chi connectivity index (χ1v) is 14.3. The Morgan fingerprint density at radius 2 is 1.62 bits per heavy atom. The van der Waals surface area contributed by atoms with E-state index in [0.29, 0.717) is 11.9 Å². The van der Waals surface area contributed by atoms with Gasteiger partial charge in [0.1, 0.15) is 0 Å². The highest BCUT2D eigenvalue weighted by Gasteiger charge is 2.28. The molecule has 1 aliphatic rings. The summed E-state index contributed by atoms with van der Waals surface area (Å²) in [5.74, 6) is 0.375. The molecule has 1 aliphatic heterocycles. The Hall–Kier alpha value is -2.03. The van der Waals surface area contributed by atoms with Gasteiger partial charge in [0.05, 0.1) is 0 Å². The van der Waals surface area contributed by atoms with Crippen LogP contribution in [0.3, 0.4) is 0 Å². The van der Waals surface area contributed by atoms with E-state index in [-0.39, 0.29) is 0 Å². The van der Waals surface area contributed by atoms with Gasteiger partial charge in [-0.2, -0.15) is 0 Å². The minimum atomic E-state index is 0.370. The van der Waals surface area contributed by atoms with Crippen LogP contribution in [0.1, 0.15) is 115 Å². The molecule has 0 unspecified atom stereocenters. The molecule has 0 spiro atoms. The summed E-state index contributed by atoms with van der Waals surface area (Å²) in [6.45, 7) is 3.22. The van der Waals surface area contributed by atoms with Crippen LogP contribution >= 0.6 is 0 Å². The number of aromatic nitrogens is 1. The number of para-hydroxylation sites is 1. The van der Waals surface area contributed by atoms with Gasteiger partial charge in [-0.1, -0.05) is 88.6 Å². The zero-order valence-corrected chi connectivity index (χ0v) is 21.7. The van der Waals surface area contributed by atoms with Gasteiger partial charge in [0, 0.05) is 36.1 Å². The molecule has 1 amide bonds. The number of allylic oxidation sites excluding steroid dienone is 2. The van der Waals surface area contributed by atoms with Crippen LogP contribution in [0, 0.1) is 0 Å². The molecule has 1 fully saturated rings.